The van der Waals surface area contributed by atoms with Gasteiger partial charge in [0.25, 0.3) is 0 Å². The van der Waals surface area contributed by atoms with Crippen LogP contribution in [0.5, 0.6) is 11.5 Å². The van der Waals surface area contributed by atoms with E-state index < -0.39 is 0 Å². The number of aromatic nitrogens is 1. The Morgan fingerprint density at radius 1 is 1.03 bits per heavy atom. The molecule has 5 heteroatoms. The SMILES string of the molecule is COc1ccc(CN2CCC([C@H](Cc3ccccc3)N(C)Cc3cccnc3)CC2)cc1O. The molecule has 1 saturated heterocycles. The summed E-state index contributed by atoms with van der Waals surface area (Å²) in [5.74, 6) is 1.38. The van der Waals surface area contributed by atoms with Gasteiger partial charge in [0.2, 0.25) is 0 Å². The standard InChI is InChI=1S/C28H35N3O2/c1-30(20-24-9-6-14-29-19-24)26(17-22-7-4-3-5-8-22)25-12-15-31(16-13-25)21-23-10-11-28(33-2)27(32)18-23/h3-11,14,18-19,25-26,32H,12-13,15-17,20-21H2,1-2H3/t26-/m0/s1. The number of piperidine rings is 1. The number of benzene rings is 2. The van der Waals surface area contributed by atoms with E-state index in [1.165, 1.54) is 24.0 Å². The van der Waals surface area contributed by atoms with E-state index in [9.17, 15) is 5.11 Å². The molecular formula is C28H35N3O2. The maximum atomic E-state index is 10.1. The number of phenols is 1. The van der Waals surface area contributed by atoms with Gasteiger partial charge in [0.1, 0.15) is 0 Å². The van der Waals surface area contributed by atoms with Crippen molar-refractivity contribution in [2.75, 3.05) is 27.2 Å². The van der Waals surface area contributed by atoms with Gasteiger partial charge in [-0.15, -0.1) is 0 Å². The third kappa shape index (κ3) is 6.34. The number of hydrogen-bond acceptors (Lipinski definition) is 5. The van der Waals surface area contributed by atoms with Gasteiger partial charge in [-0.05, 0) is 80.2 Å². The molecule has 0 saturated carbocycles. The summed E-state index contributed by atoms with van der Waals surface area (Å²) in [7, 11) is 3.84. The number of rotatable bonds is 9. The number of nitrogens with zero attached hydrogens (tertiary/aromatic N) is 3. The van der Waals surface area contributed by atoms with Crippen LogP contribution in [0.4, 0.5) is 0 Å². The van der Waals surface area contributed by atoms with E-state index in [0.717, 1.165) is 38.2 Å². The van der Waals surface area contributed by atoms with Gasteiger partial charge in [-0.2, -0.15) is 0 Å². The van der Waals surface area contributed by atoms with Crippen LogP contribution in [0.15, 0.2) is 73.1 Å². The summed E-state index contributed by atoms with van der Waals surface area (Å²) in [6.07, 6.45) is 7.23. The number of hydrogen-bond donors (Lipinski definition) is 1. The predicted octanol–water partition coefficient (Wildman–Crippen LogP) is 4.75. The molecule has 1 N–H and O–H groups in total. The topological polar surface area (TPSA) is 48.8 Å². The number of pyridine rings is 1. The Morgan fingerprint density at radius 3 is 2.45 bits per heavy atom. The van der Waals surface area contributed by atoms with Gasteiger partial charge in [0.15, 0.2) is 11.5 Å². The van der Waals surface area contributed by atoms with E-state index in [4.69, 9.17) is 4.74 Å². The second kappa shape index (κ2) is 11.3. The van der Waals surface area contributed by atoms with Crippen LogP contribution >= 0.6 is 0 Å². The van der Waals surface area contributed by atoms with Gasteiger partial charge in [-0.25, -0.2) is 0 Å². The second-order valence-corrected chi connectivity index (χ2v) is 9.15. The molecule has 1 aliphatic heterocycles. The minimum atomic E-state index is 0.213. The lowest BCUT2D eigenvalue weighted by atomic mass is 9.84. The van der Waals surface area contributed by atoms with Crippen LogP contribution < -0.4 is 4.74 Å². The molecule has 174 valence electrons. The average molecular weight is 446 g/mol. The number of ether oxygens (including phenoxy) is 1. The summed E-state index contributed by atoms with van der Waals surface area (Å²) in [6.45, 7) is 3.92. The summed E-state index contributed by atoms with van der Waals surface area (Å²) in [4.78, 5) is 9.32. The Bertz CT molecular complexity index is 989. The van der Waals surface area contributed by atoms with Gasteiger partial charge in [-0.1, -0.05) is 42.5 Å². The first-order valence-electron chi connectivity index (χ1n) is 11.8. The molecule has 1 atom stereocenters. The van der Waals surface area contributed by atoms with Crippen molar-refractivity contribution in [1.29, 1.82) is 0 Å². The summed E-state index contributed by atoms with van der Waals surface area (Å²) in [5.41, 5.74) is 3.78. The van der Waals surface area contributed by atoms with Crippen molar-refractivity contribution >= 4 is 0 Å². The van der Waals surface area contributed by atoms with Crippen LogP contribution in [-0.2, 0) is 19.5 Å². The van der Waals surface area contributed by atoms with Crippen LogP contribution in [0.3, 0.4) is 0 Å². The number of likely N-dealkylation sites (tertiary alicyclic amines) is 1. The maximum absolute atomic E-state index is 10.1. The van der Waals surface area contributed by atoms with Crippen LogP contribution in [-0.4, -0.2) is 53.2 Å². The highest BCUT2D eigenvalue weighted by Crippen LogP contribution is 2.30. The molecule has 33 heavy (non-hydrogen) atoms. The minimum absolute atomic E-state index is 0.213. The molecule has 0 spiro atoms. The highest BCUT2D eigenvalue weighted by Gasteiger charge is 2.29. The minimum Gasteiger partial charge on any atom is -0.504 e. The molecule has 0 bridgehead atoms. The number of methoxy groups -OCH3 is 1. The lowest BCUT2D eigenvalue weighted by Crippen LogP contribution is -2.44. The van der Waals surface area contributed by atoms with Crippen LogP contribution in [0.2, 0.25) is 0 Å². The second-order valence-electron chi connectivity index (χ2n) is 9.15. The van der Waals surface area contributed by atoms with E-state index in [2.05, 4.69) is 58.2 Å². The fraction of sp³-hybridized carbons (Fsp3) is 0.393. The molecule has 1 fully saturated rings. The van der Waals surface area contributed by atoms with Crippen molar-refractivity contribution in [3.8, 4) is 11.5 Å². The first-order valence-corrected chi connectivity index (χ1v) is 11.8. The van der Waals surface area contributed by atoms with E-state index in [1.54, 1.807) is 7.11 Å². The molecule has 2 aromatic carbocycles. The number of phenolic OH excluding ortho intramolecular Hbond substituents is 1. The number of likely N-dealkylation sites (N-methyl/N-ethyl adjacent to an activating group) is 1. The first kappa shape index (κ1) is 23.3. The predicted molar refractivity (Wildman–Crippen MR) is 132 cm³/mol. The normalized spacial score (nSPS) is 16.1. The van der Waals surface area contributed by atoms with Crippen LogP contribution in [0.1, 0.15) is 29.5 Å². The molecule has 1 aromatic heterocycles. The van der Waals surface area contributed by atoms with Gasteiger partial charge >= 0.3 is 0 Å². The lowest BCUT2D eigenvalue weighted by molar-refractivity contribution is 0.0953. The zero-order valence-corrected chi connectivity index (χ0v) is 19.7. The Kier molecular flexibility index (Phi) is 7.97. The summed E-state index contributed by atoms with van der Waals surface area (Å²) in [6, 6.07) is 21.2. The van der Waals surface area contributed by atoms with E-state index in [0.29, 0.717) is 17.7 Å². The van der Waals surface area contributed by atoms with Crippen molar-refractivity contribution in [2.45, 2.75) is 38.4 Å². The van der Waals surface area contributed by atoms with Gasteiger partial charge in [0.05, 0.1) is 7.11 Å². The Balaban J connectivity index is 1.40. The monoisotopic (exact) mass is 445 g/mol. The highest BCUT2D eigenvalue weighted by atomic mass is 16.5. The largest absolute Gasteiger partial charge is 0.504 e. The molecular weight excluding hydrogens is 410 g/mol. The third-order valence-electron chi connectivity index (χ3n) is 6.83. The van der Waals surface area contributed by atoms with Crippen LogP contribution in [0, 0.1) is 5.92 Å². The molecule has 0 aliphatic carbocycles. The number of aromatic hydroxyl groups is 1. The fourth-order valence-electron chi connectivity index (χ4n) is 5.02. The van der Waals surface area contributed by atoms with E-state index in [1.807, 2.05) is 36.7 Å². The maximum Gasteiger partial charge on any atom is 0.160 e. The van der Waals surface area contributed by atoms with Crippen molar-refractivity contribution < 1.29 is 9.84 Å². The molecule has 3 aromatic rings. The highest BCUT2D eigenvalue weighted by molar-refractivity contribution is 5.41. The van der Waals surface area contributed by atoms with E-state index in [-0.39, 0.29) is 5.75 Å². The van der Waals surface area contributed by atoms with Crippen LogP contribution in [0.25, 0.3) is 0 Å². The Hall–Kier alpha value is -2.89. The van der Waals surface area contributed by atoms with E-state index >= 15 is 0 Å². The average Bonchev–Trinajstić information content (AvgIpc) is 2.84. The van der Waals surface area contributed by atoms with Gasteiger partial charge in [0, 0.05) is 31.5 Å². The smallest absolute Gasteiger partial charge is 0.160 e. The molecule has 5 nitrogen and oxygen atoms in total. The summed E-state index contributed by atoms with van der Waals surface area (Å²) in [5, 5.41) is 10.1. The Morgan fingerprint density at radius 2 is 1.79 bits per heavy atom. The summed E-state index contributed by atoms with van der Waals surface area (Å²) >= 11 is 0. The molecule has 1 aliphatic rings. The zero-order valence-electron chi connectivity index (χ0n) is 19.7. The fourth-order valence-corrected chi connectivity index (χ4v) is 5.02. The van der Waals surface area contributed by atoms with Gasteiger partial charge < -0.3 is 9.84 Å². The molecule has 4 rings (SSSR count). The molecule has 0 radical (unpaired) electrons. The van der Waals surface area contributed by atoms with Gasteiger partial charge in [-0.3, -0.25) is 14.8 Å². The quantitative estimate of drug-likeness (QED) is 0.515. The Labute approximate surface area is 197 Å². The lowest BCUT2D eigenvalue weighted by Gasteiger charge is -2.40. The molecule has 0 unspecified atom stereocenters. The molecule has 2 heterocycles. The van der Waals surface area contributed by atoms with Crippen molar-refractivity contribution in [2.24, 2.45) is 5.92 Å². The summed E-state index contributed by atoms with van der Waals surface area (Å²) < 4.78 is 5.17. The van der Waals surface area contributed by atoms with Crippen molar-refractivity contribution in [1.82, 2.24) is 14.8 Å². The third-order valence-corrected chi connectivity index (χ3v) is 6.83. The van der Waals surface area contributed by atoms with Crippen molar-refractivity contribution in [3.63, 3.8) is 0 Å². The van der Waals surface area contributed by atoms with Crippen molar-refractivity contribution in [3.05, 3.63) is 89.7 Å². The zero-order chi connectivity index (χ0) is 23.0. The first-order chi connectivity index (χ1) is 16.1. The molecule has 0 amide bonds.